The van der Waals surface area contributed by atoms with Crippen LogP contribution in [0.5, 0.6) is 0 Å². The summed E-state index contributed by atoms with van der Waals surface area (Å²) < 4.78 is 32.4. The van der Waals surface area contributed by atoms with Crippen molar-refractivity contribution in [2.45, 2.75) is 17.7 Å². The van der Waals surface area contributed by atoms with Crippen molar-refractivity contribution in [2.75, 3.05) is 32.1 Å². The van der Waals surface area contributed by atoms with E-state index in [2.05, 4.69) is 10.0 Å². The van der Waals surface area contributed by atoms with Gasteiger partial charge in [0.1, 0.15) is 0 Å². The molecule has 0 atom stereocenters. The fourth-order valence-electron chi connectivity index (χ4n) is 2.52. The van der Waals surface area contributed by atoms with Gasteiger partial charge in [-0.1, -0.05) is 30.3 Å². The van der Waals surface area contributed by atoms with Crippen molar-refractivity contribution in [2.24, 2.45) is 0 Å². The summed E-state index contributed by atoms with van der Waals surface area (Å²) in [6.45, 7) is 1.30. The number of carbonyl (C=O) groups is 1. The van der Waals surface area contributed by atoms with Crippen LogP contribution in [-0.4, -0.2) is 46.3 Å². The average molecular weight is 392 g/mol. The molecule has 8 heteroatoms. The van der Waals surface area contributed by atoms with Crippen molar-refractivity contribution >= 4 is 21.7 Å². The summed E-state index contributed by atoms with van der Waals surface area (Å²) in [7, 11) is -2.20. The highest BCUT2D eigenvalue weighted by atomic mass is 32.2. The molecular formula is C19H24N2O5S. The number of carboxylic acid groups (broad SMARTS) is 1. The molecule has 0 saturated heterocycles. The van der Waals surface area contributed by atoms with Crippen molar-refractivity contribution in [3.05, 3.63) is 59.7 Å². The van der Waals surface area contributed by atoms with Gasteiger partial charge >= 0.3 is 5.97 Å². The maximum atomic E-state index is 12.5. The van der Waals surface area contributed by atoms with Crippen LogP contribution in [-0.2, 0) is 21.2 Å². The summed E-state index contributed by atoms with van der Waals surface area (Å²) in [6, 6.07) is 13.6. The first-order valence-corrected chi connectivity index (χ1v) is 10.1. The van der Waals surface area contributed by atoms with E-state index in [1.807, 2.05) is 30.3 Å². The van der Waals surface area contributed by atoms with E-state index in [0.29, 0.717) is 31.7 Å². The third kappa shape index (κ3) is 6.35. The molecule has 0 aliphatic rings. The van der Waals surface area contributed by atoms with Gasteiger partial charge in [0.05, 0.1) is 10.5 Å². The maximum Gasteiger partial charge on any atom is 0.337 e. The van der Waals surface area contributed by atoms with Gasteiger partial charge in [0, 0.05) is 32.5 Å². The Balaban J connectivity index is 2.06. The van der Waals surface area contributed by atoms with E-state index in [4.69, 9.17) is 4.74 Å². The lowest BCUT2D eigenvalue weighted by Crippen LogP contribution is -2.26. The van der Waals surface area contributed by atoms with E-state index in [1.54, 1.807) is 7.11 Å². The Morgan fingerprint density at radius 2 is 1.85 bits per heavy atom. The normalized spacial score (nSPS) is 11.3. The predicted molar refractivity (Wildman–Crippen MR) is 104 cm³/mol. The first-order chi connectivity index (χ1) is 12.9. The van der Waals surface area contributed by atoms with Gasteiger partial charge in [-0.15, -0.1) is 0 Å². The van der Waals surface area contributed by atoms with Gasteiger partial charge in [0.25, 0.3) is 0 Å². The molecule has 0 bridgehead atoms. The number of rotatable bonds is 11. The molecule has 2 rings (SSSR count). The van der Waals surface area contributed by atoms with E-state index in [0.717, 1.165) is 5.56 Å². The molecule has 0 fully saturated rings. The van der Waals surface area contributed by atoms with E-state index in [1.165, 1.54) is 18.2 Å². The predicted octanol–water partition coefficient (Wildman–Crippen LogP) is 2.35. The van der Waals surface area contributed by atoms with Crippen molar-refractivity contribution in [3.63, 3.8) is 0 Å². The van der Waals surface area contributed by atoms with Crippen LogP contribution < -0.4 is 10.0 Å². The Hall–Kier alpha value is -2.42. The smallest absolute Gasteiger partial charge is 0.337 e. The van der Waals surface area contributed by atoms with Crippen LogP contribution in [0.25, 0.3) is 0 Å². The number of benzene rings is 2. The fraction of sp³-hybridized carbons (Fsp3) is 0.316. The third-order valence-electron chi connectivity index (χ3n) is 3.92. The lowest BCUT2D eigenvalue weighted by atomic mass is 10.2. The van der Waals surface area contributed by atoms with Gasteiger partial charge in [-0.2, -0.15) is 0 Å². The quantitative estimate of drug-likeness (QED) is 0.507. The van der Waals surface area contributed by atoms with Crippen LogP contribution >= 0.6 is 0 Å². The van der Waals surface area contributed by atoms with Crippen molar-refractivity contribution in [3.8, 4) is 0 Å². The Kier molecular flexibility index (Phi) is 7.78. The highest BCUT2D eigenvalue weighted by molar-refractivity contribution is 7.89. The first-order valence-electron chi connectivity index (χ1n) is 8.58. The molecule has 2 aromatic carbocycles. The monoisotopic (exact) mass is 392 g/mol. The largest absolute Gasteiger partial charge is 0.478 e. The van der Waals surface area contributed by atoms with Crippen LogP contribution in [0, 0.1) is 0 Å². The number of anilines is 1. The van der Waals surface area contributed by atoms with Crippen molar-refractivity contribution < 1.29 is 23.1 Å². The van der Waals surface area contributed by atoms with Gasteiger partial charge in [0.2, 0.25) is 10.0 Å². The lowest BCUT2D eigenvalue weighted by molar-refractivity contribution is 0.0697. The molecule has 146 valence electrons. The Bertz CT molecular complexity index is 854. The number of sulfonamides is 1. The topological polar surface area (TPSA) is 105 Å². The van der Waals surface area contributed by atoms with E-state index < -0.39 is 16.0 Å². The molecule has 0 aliphatic heterocycles. The van der Waals surface area contributed by atoms with Gasteiger partial charge in [0.15, 0.2) is 0 Å². The van der Waals surface area contributed by atoms with E-state index >= 15 is 0 Å². The zero-order valence-corrected chi connectivity index (χ0v) is 16.0. The number of hydrogen-bond acceptors (Lipinski definition) is 5. The molecular weight excluding hydrogens is 368 g/mol. The number of carboxylic acids is 1. The second-order valence-corrected chi connectivity index (χ2v) is 7.69. The number of hydrogen-bond donors (Lipinski definition) is 3. The number of ether oxygens (including phenoxy) is 1. The maximum absolute atomic E-state index is 12.5. The second-order valence-electron chi connectivity index (χ2n) is 5.92. The first kappa shape index (κ1) is 20.9. The summed E-state index contributed by atoms with van der Waals surface area (Å²) >= 11 is 0. The molecule has 2 aromatic rings. The van der Waals surface area contributed by atoms with Gasteiger partial charge < -0.3 is 15.2 Å². The average Bonchev–Trinajstić information content (AvgIpc) is 2.66. The number of aromatic carboxylic acids is 1. The molecule has 3 N–H and O–H groups in total. The summed E-state index contributed by atoms with van der Waals surface area (Å²) in [4.78, 5) is 11.4. The summed E-state index contributed by atoms with van der Waals surface area (Å²) in [6.07, 6.45) is 1.25. The molecule has 0 aliphatic carbocycles. The third-order valence-corrected chi connectivity index (χ3v) is 5.38. The summed E-state index contributed by atoms with van der Waals surface area (Å²) in [5.41, 5.74) is 1.31. The fourth-order valence-corrected chi connectivity index (χ4v) is 3.58. The summed E-state index contributed by atoms with van der Waals surface area (Å²) in [5.74, 6) is -1.19. The minimum atomic E-state index is -3.79. The van der Waals surface area contributed by atoms with Crippen LogP contribution in [0.2, 0.25) is 0 Å². The van der Waals surface area contributed by atoms with Crippen LogP contribution in [0.1, 0.15) is 22.3 Å². The number of nitrogens with one attached hydrogen (secondary N) is 2. The number of methoxy groups -OCH3 is 1. The Morgan fingerprint density at radius 3 is 2.52 bits per heavy atom. The van der Waals surface area contributed by atoms with Crippen LogP contribution in [0.3, 0.4) is 0 Å². The molecule has 7 nitrogen and oxygen atoms in total. The Labute approximate surface area is 159 Å². The molecule has 0 heterocycles. The highest BCUT2D eigenvalue weighted by Crippen LogP contribution is 2.21. The van der Waals surface area contributed by atoms with Gasteiger partial charge in [-0.05, 0) is 36.6 Å². The van der Waals surface area contributed by atoms with Crippen LogP contribution in [0.15, 0.2) is 53.4 Å². The molecule has 0 saturated carbocycles. The Morgan fingerprint density at radius 1 is 1.11 bits per heavy atom. The summed E-state index contributed by atoms with van der Waals surface area (Å²) in [5, 5.41) is 12.4. The highest BCUT2D eigenvalue weighted by Gasteiger charge is 2.18. The second kappa shape index (κ2) is 10.1. The van der Waals surface area contributed by atoms with Gasteiger partial charge in [-0.25, -0.2) is 17.9 Å². The van der Waals surface area contributed by atoms with E-state index in [9.17, 15) is 18.3 Å². The SMILES string of the molecule is COCCCNc1ccc(S(=O)(=O)NCCc2ccccc2)cc1C(=O)O. The van der Waals surface area contributed by atoms with Crippen molar-refractivity contribution in [1.82, 2.24) is 4.72 Å². The van der Waals surface area contributed by atoms with E-state index in [-0.39, 0.29) is 17.0 Å². The molecule has 27 heavy (non-hydrogen) atoms. The molecule has 0 amide bonds. The van der Waals surface area contributed by atoms with Gasteiger partial charge in [-0.3, -0.25) is 0 Å². The van der Waals surface area contributed by atoms with Crippen LogP contribution in [0.4, 0.5) is 5.69 Å². The van der Waals surface area contributed by atoms with Crippen molar-refractivity contribution in [1.29, 1.82) is 0 Å². The molecule has 0 aromatic heterocycles. The molecule has 0 unspecified atom stereocenters. The zero-order valence-electron chi connectivity index (χ0n) is 15.1. The standard InChI is InChI=1S/C19H24N2O5S/c1-26-13-5-11-20-18-9-8-16(14-17(18)19(22)23)27(24,25)21-12-10-15-6-3-2-4-7-15/h2-4,6-9,14,20-21H,5,10-13H2,1H3,(H,22,23). The molecule has 0 spiro atoms. The molecule has 0 radical (unpaired) electrons. The minimum absolute atomic E-state index is 0.0737. The zero-order chi connectivity index (χ0) is 19.7. The lowest BCUT2D eigenvalue weighted by Gasteiger charge is -2.12. The minimum Gasteiger partial charge on any atom is -0.478 e.